The van der Waals surface area contributed by atoms with Crippen LogP contribution in [0.4, 0.5) is 11.4 Å². The van der Waals surface area contributed by atoms with E-state index in [-0.39, 0.29) is 36.1 Å². The van der Waals surface area contributed by atoms with Crippen LogP contribution in [0.25, 0.3) is 0 Å². The molecule has 3 amide bonds. The van der Waals surface area contributed by atoms with E-state index in [0.29, 0.717) is 13.0 Å². The minimum Gasteiger partial charge on any atom is -0.349 e. The molecule has 2 unspecified atom stereocenters. The van der Waals surface area contributed by atoms with Gasteiger partial charge in [-0.15, -0.1) is 0 Å². The molecule has 6 heteroatoms. The van der Waals surface area contributed by atoms with Crippen LogP contribution in [0, 0.1) is 5.92 Å². The maximum Gasteiger partial charge on any atom is 0.227 e. The maximum absolute atomic E-state index is 12.7. The molecule has 146 valence electrons. The van der Waals surface area contributed by atoms with E-state index in [1.54, 1.807) is 11.8 Å². The van der Waals surface area contributed by atoms with E-state index in [9.17, 15) is 14.4 Å². The van der Waals surface area contributed by atoms with Gasteiger partial charge < -0.3 is 15.5 Å². The third kappa shape index (κ3) is 4.57. The summed E-state index contributed by atoms with van der Waals surface area (Å²) in [7, 11) is 0. The number of nitrogens with zero attached hydrogens (tertiary/aromatic N) is 1. The number of anilines is 2. The molecule has 0 aromatic heterocycles. The summed E-state index contributed by atoms with van der Waals surface area (Å²) >= 11 is 0. The molecule has 2 N–H and O–H groups in total. The second-order valence-corrected chi connectivity index (χ2v) is 6.99. The molecular weight excluding hydrogens is 354 g/mol. The van der Waals surface area contributed by atoms with Crippen molar-refractivity contribution >= 4 is 29.1 Å². The number of hydrogen-bond acceptors (Lipinski definition) is 3. The van der Waals surface area contributed by atoms with Crippen molar-refractivity contribution in [2.24, 2.45) is 5.92 Å². The van der Waals surface area contributed by atoms with Gasteiger partial charge in [-0.3, -0.25) is 14.4 Å². The summed E-state index contributed by atoms with van der Waals surface area (Å²) in [6.45, 7) is 4.10. The minimum atomic E-state index is -0.363. The van der Waals surface area contributed by atoms with Gasteiger partial charge in [-0.05, 0) is 36.8 Å². The minimum absolute atomic E-state index is 0.0324. The van der Waals surface area contributed by atoms with Gasteiger partial charge in [0.1, 0.15) is 0 Å². The zero-order valence-corrected chi connectivity index (χ0v) is 16.1. The van der Waals surface area contributed by atoms with Gasteiger partial charge in [0.2, 0.25) is 17.7 Å². The van der Waals surface area contributed by atoms with E-state index < -0.39 is 0 Å². The Bertz CT molecular complexity index is 849. The van der Waals surface area contributed by atoms with Crippen molar-refractivity contribution in [2.45, 2.75) is 32.7 Å². The Hall–Kier alpha value is -3.15. The second-order valence-electron chi connectivity index (χ2n) is 6.99. The van der Waals surface area contributed by atoms with Crippen molar-refractivity contribution in [3.05, 3.63) is 60.2 Å². The molecule has 0 radical (unpaired) electrons. The first kappa shape index (κ1) is 19.6. The Morgan fingerprint density at radius 1 is 1.11 bits per heavy atom. The van der Waals surface area contributed by atoms with E-state index in [1.807, 2.05) is 61.5 Å². The molecule has 1 aliphatic heterocycles. The molecule has 0 saturated carbocycles. The SMILES string of the molecule is CCC(=O)Nc1ccc(C(C)NC(=O)C2CC(=O)N(c3ccccc3)C2)cc1. The Kier molecular flexibility index (Phi) is 6.09. The van der Waals surface area contributed by atoms with E-state index in [4.69, 9.17) is 0 Å². The Morgan fingerprint density at radius 2 is 1.79 bits per heavy atom. The number of amides is 3. The fourth-order valence-electron chi connectivity index (χ4n) is 3.26. The molecule has 2 aromatic rings. The standard InChI is InChI=1S/C22H25N3O3/c1-3-20(26)24-18-11-9-16(10-12-18)15(2)23-22(28)17-13-21(27)25(14-17)19-7-5-4-6-8-19/h4-12,15,17H,3,13-14H2,1-2H3,(H,23,28)(H,24,26). The molecule has 28 heavy (non-hydrogen) atoms. The molecule has 3 rings (SSSR count). The molecule has 6 nitrogen and oxygen atoms in total. The molecule has 1 fully saturated rings. The number of carbonyl (C=O) groups excluding carboxylic acids is 3. The van der Waals surface area contributed by atoms with Crippen LogP contribution in [0.2, 0.25) is 0 Å². The predicted octanol–water partition coefficient (Wildman–Crippen LogP) is 3.27. The van der Waals surface area contributed by atoms with Crippen LogP contribution in [0.3, 0.4) is 0 Å². The lowest BCUT2D eigenvalue weighted by Crippen LogP contribution is -2.34. The molecule has 0 spiro atoms. The first-order valence-electron chi connectivity index (χ1n) is 9.53. The van der Waals surface area contributed by atoms with Gasteiger partial charge >= 0.3 is 0 Å². The monoisotopic (exact) mass is 379 g/mol. The second kappa shape index (κ2) is 8.69. The molecule has 1 aliphatic rings. The third-order valence-corrected chi connectivity index (χ3v) is 4.94. The normalized spacial score (nSPS) is 17.3. The fraction of sp³-hybridized carbons (Fsp3) is 0.318. The van der Waals surface area contributed by atoms with Crippen molar-refractivity contribution < 1.29 is 14.4 Å². The van der Waals surface area contributed by atoms with Crippen LogP contribution in [-0.2, 0) is 14.4 Å². The largest absolute Gasteiger partial charge is 0.349 e. The van der Waals surface area contributed by atoms with Gasteiger partial charge in [0.05, 0.1) is 12.0 Å². The molecular formula is C22H25N3O3. The lowest BCUT2D eigenvalue weighted by Gasteiger charge is -2.19. The van der Waals surface area contributed by atoms with E-state index >= 15 is 0 Å². The predicted molar refractivity (Wildman–Crippen MR) is 109 cm³/mol. The van der Waals surface area contributed by atoms with E-state index in [2.05, 4.69) is 10.6 Å². The highest BCUT2D eigenvalue weighted by Crippen LogP contribution is 2.26. The number of rotatable bonds is 6. The number of benzene rings is 2. The fourth-order valence-corrected chi connectivity index (χ4v) is 3.26. The molecule has 2 atom stereocenters. The van der Waals surface area contributed by atoms with Crippen LogP contribution in [0.15, 0.2) is 54.6 Å². The maximum atomic E-state index is 12.7. The van der Waals surface area contributed by atoms with Gasteiger partial charge in [0, 0.05) is 30.8 Å². The summed E-state index contributed by atoms with van der Waals surface area (Å²) in [6.07, 6.45) is 0.643. The van der Waals surface area contributed by atoms with Crippen LogP contribution in [-0.4, -0.2) is 24.3 Å². The summed E-state index contributed by atoms with van der Waals surface area (Å²) in [6, 6.07) is 16.6. The average Bonchev–Trinajstić information content (AvgIpc) is 3.11. The molecule has 0 bridgehead atoms. The van der Waals surface area contributed by atoms with Crippen molar-refractivity contribution in [2.75, 3.05) is 16.8 Å². The smallest absolute Gasteiger partial charge is 0.227 e. The Morgan fingerprint density at radius 3 is 2.43 bits per heavy atom. The summed E-state index contributed by atoms with van der Waals surface area (Å²) in [4.78, 5) is 38.1. The summed E-state index contributed by atoms with van der Waals surface area (Å²) in [5.41, 5.74) is 2.49. The van der Waals surface area contributed by atoms with Crippen LogP contribution < -0.4 is 15.5 Å². The van der Waals surface area contributed by atoms with Crippen LogP contribution in [0.5, 0.6) is 0 Å². The van der Waals surface area contributed by atoms with Gasteiger partial charge in [-0.1, -0.05) is 37.3 Å². The van der Waals surface area contributed by atoms with Gasteiger partial charge in [-0.2, -0.15) is 0 Å². The van der Waals surface area contributed by atoms with E-state index in [0.717, 1.165) is 16.9 Å². The highest BCUT2D eigenvalue weighted by Gasteiger charge is 2.35. The summed E-state index contributed by atoms with van der Waals surface area (Å²) in [5, 5.41) is 5.80. The number of hydrogen-bond donors (Lipinski definition) is 2. The van der Waals surface area contributed by atoms with Gasteiger partial charge in [0.25, 0.3) is 0 Å². The number of carbonyl (C=O) groups is 3. The quantitative estimate of drug-likeness (QED) is 0.809. The lowest BCUT2D eigenvalue weighted by molar-refractivity contribution is -0.126. The van der Waals surface area contributed by atoms with Crippen LogP contribution in [0.1, 0.15) is 38.3 Å². The van der Waals surface area contributed by atoms with Crippen molar-refractivity contribution in [1.82, 2.24) is 5.32 Å². The topological polar surface area (TPSA) is 78.5 Å². The zero-order chi connectivity index (χ0) is 20.1. The molecule has 2 aromatic carbocycles. The lowest BCUT2D eigenvalue weighted by atomic mass is 10.0. The average molecular weight is 379 g/mol. The third-order valence-electron chi connectivity index (χ3n) is 4.94. The first-order valence-corrected chi connectivity index (χ1v) is 9.53. The van der Waals surface area contributed by atoms with E-state index in [1.165, 1.54) is 0 Å². The zero-order valence-electron chi connectivity index (χ0n) is 16.1. The molecule has 1 heterocycles. The number of para-hydroxylation sites is 1. The highest BCUT2D eigenvalue weighted by molar-refractivity contribution is 6.00. The number of nitrogens with one attached hydrogen (secondary N) is 2. The Balaban J connectivity index is 1.58. The van der Waals surface area contributed by atoms with Crippen LogP contribution >= 0.6 is 0 Å². The van der Waals surface area contributed by atoms with Gasteiger partial charge in [0.15, 0.2) is 0 Å². The molecule has 1 saturated heterocycles. The van der Waals surface area contributed by atoms with Crippen molar-refractivity contribution in [3.63, 3.8) is 0 Å². The van der Waals surface area contributed by atoms with Crippen molar-refractivity contribution in [3.8, 4) is 0 Å². The van der Waals surface area contributed by atoms with Crippen molar-refractivity contribution in [1.29, 1.82) is 0 Å². The van der Waals surface area contributed by atoms with Gasteiger partial charge in [-0.25, -0.2) is 0 Å². The summed E-state index contributed by atoms with van der Waals surface area (Å²) in [5.74, 6) is -0.557. The Labute approximate surface area is 164 Å². The molecule has 0 aliphatic carbocycles. The summed E-state index contributed by atoms with van der Waals surface area (Å²) < 4.78 is 0. The first-order chi connectivity index (χ1) is 13.5. The highest BCUT2D eigenvalue weighted by atomic mass is 16.2.